The molecule has 2 aromatic carbocycles. The first kappa shape index (κ1) is 48.9. The molecule has 0 aromatic heterocycles. The van der Waals surface area contributed by atoms with E-state index in [1.54, 1.807) is 12.1 Å². The topological polar surface area (TPSA) is 89.5 Å². The van der Waals surface area contributed by atoms with E-state index in [1.807, 2.05) is 0 Å². The summed E-state index contributed by atoms with van der Waals surface area (Å²) in [6, 6.07) is 3.39. The monoisotopic (exact) mass is 809 g/mol. The predicted molar refractivity (Wildman–Crippen MR) is 237 cm³/mol. The average molecular weight is 809 g/mol. The van der Waals surface area contributed by atoms with E-state index in [9.17, 15) is 0 Å². The molecule has 1 aliphatic rings. The molecule has 0 aliphatic heterocycles. The third kappa shape index (κ3) is 15.0. The Kier molecular flexibility index (Phi) is 22.5. The molecule has 2 atom stereocenters. The molecule has 2 aromatic rings. The van der Waals surface area contributed by atoms with Crippen molar-refractivity contribution < 1.29 is 38.0 Å². The smallest absolute Gasteiger partial charge is 0.204 e. The maximum atomic E-state index is 15.1. The van der Waals surface area contributed by atoms with Gasteiger partial charge in [-0.2, -0.15) is 0 Å². The second kappa shape index (κ2) is 26.6. The summed E-state index contributed by atoms with van der Waals surface area (Å²) in [4.78, 5) is 30.2. The molecule has 0 fully saturated rings. The zero-order valence-electron chi connectivity index (χ0n) is 38.3. The van der Waals surface area contributed by atoms with Crippen molar-refractivity contribution in [2.75, 3.05) is 39.6 Å². The standard InChI is InChI=1S/C50H80O8/c1-11-15-27-53-41-33-39-43(49(47(41)55-29-17-13-3)57-31-25-37(9)23-19-21-35(5)6)46(52)40-34-42(54-28-16-12-2)48(56-30-18-14-4)50(44(40)45(39)51)58-32-26-38(10)24-20-22-36(7)8/h33-38H,11-32H2,1-10H3. The van der Waals surface area contributed by atoms with E-state index in [0.717, 1.165) is 77.0 Å². The molecular weight excluding hydrogens is 729 g/mol. The third-order valence-corrected chi connectivity index (χ3v) is 11.0. The van der Waals surface area contributed by atoms with E-state index in [-0.39, 0.29) is 45.3 Å². The summed E-state index contributed by atoms with van der Waals surface area (Å²) in [5.74, 6) is 3.77. The van der Waals surface area contributed by atoms with Crippen molar-refractivity contribution in [3.05, 3.63) is 34.4 Å². The Bertz CT molecular complexity index is 1410. The maximum Gasteiger partial charge on any atom is 0.204 e. The lowest BCUT2D eigenvalue weighted by atomic mass is 9.82. The van der Waals surface area contributed by atoms with Crippen LogP contribution >= 0.6 is 0 Å². The largest absolute Gasteiger partial charge is 0.490 e. The molecule has 3 rings (SSSR count). The predicted octanol–water partition coefficient (Wildman–Crippen LogP) is 13.6. The first-order valence-corrected chi connectivity index (χ1v) is 23.3. The average Bonchev–Trinajstić information content (AvgIpc) is 3.18. The zero-order valence-corrected chi connectivity index (χ0v) is 38.3. The molecule has 1 aliphatic carbocycles. The molecule has 58 heavy (non-hydrogen) atoms. The maximum absolute atomic E-state index is 15.1. The summed E-state index contributed by atoms with van der Waals surface area (Å²) in [7, 11) is 0. The Morgan fingerprint density at radius 1 is 0.397 bits per heavy atom. The van der Waals surface area contributed by atoms with Crippen LogP contribution < -0.4 is 28.4 Å². The van der Waals surface area contributed by atoms with Gasteiger partial charge in [-0.15, -0.1) is 0 Å². The van der Waals surface area contributed by atoms with Crippen molar-refractivity contribution in [2.45, 2.75) is 172 Å². The van der Waals surface area contributed by atoms with Crippen LogP contribution in [0, 0.1) is 23.7 Å². The summed E-state index contributed by atoms with van der Waals surface area (Å²) in [6.45, 7) is 24.5. The minimum absolute atomic E-state index is 0.211. The second-order valence-electron chi connectivity index (χ2n) is 17.5. The molecule has 0 saturated carbocycles. The first-order valence-electron chi connectivity index (χ1n) is 23.3. The van der Waals surface area contributed by atoms with Crippen molar-refractivity contribution in [3.8, 4) is 34.5 Å². The molecule has 0 saturated heterocycles. The fraction of sp³-hybridized carbons (Fsp3) is 0.720. The Hall–Kier alpha value is -3.42. The van der Waals surface area contributed by atoms with Gasteiger partial charge in [0, 0.05) is 11.1 Å². The van der Waals surface area contributed by atoms with Crippen molar-refractivity contribution >= 4 is 11.6 Å². The molecule has 0 amide bonds. The van der Waals surface area contributed by atoms with Gasteiger partial charge in [-0.1, -0.05) is 133 Å². The Balaban J connectivity index is 2.20. The minimum atomic E-state index is -0.322. The fourth-order valence-electron chi connectivity index (χ4n) is 7.13. The summed E-state index contributed by atoms with van der Waals surface area (Å²) in [5, 5.41) is 0. The van der Waals surface area contributed by atoms with Crippen LogP contribution in [0.2, 0.25) is 0 Å². The number of carbonyl (C=O) groups is 2. The van der Waals surface area contributed by atoms with Gasteiger partial charge in [0.2, 0.25) is 11.5 Å². The Morgan fingerprint density at radius 2 is 0.724 bits per heavy atom. The van der Waals surface area contributed by atoms with Crippen LogP contribution in [0.1, 0.15) is 204 Å². The molecule has 0 bridgehead atoms. The van der Waals surface area contributed by atoms with Crippen LogP contribution in [0.15, 0.2) is 12.1 Å². The number of rotatable bonds is 32. The summed E-state index contributed by atoms with van der Waals surface area (Å²) < 4.78 is 38.9. The van der Waals surface area contributed by atoms with Crippen LogP contribution in [-0.2, 0) is 0 Å². The van der Waals surface area contributed by atoms with E-state index in [4.69, 9.17) is 28.4 Å². The molecule has 0 radical (unpaired) electrons. The van der Waals surface area contributed by atoms with Gasteiger partial charge in [-0.25, -0.2) is 0 Å². The van der Waals surface area contributed by atoms with Crippen LogP contribution in [0.5, 0.6) is 34.5 Å². The van der Waals surface area contributed by atoms with E-state index in [0.29, 0.717) is 86.3 Å². The fourth-order valence-corrected chi connectivity index (χ4v) is 7.13. The van der Waals surface area contributed by atoms with Crippen molar-refractivity contribution in [1.82, 2.24) is 0 Å². The number of ether oxygens (including phenoxy) is 6. The van der Waals surface area contributed by atoms with Crippen molar-refractivity contribution in [1.29, 1.82) is 0 Å². The number of hydrogen-bond donors (Lipinski definition) is 0. The molecule has 0 heterocycles. The number of ketones is 2. The third-order valence-electron chi connectivity index (χ3n) is 11.0. The number of fused-ring (bicyclic) bond motifs is 2. The lowest BCUT2D eigenvalue weighted by molar-refractivity contribution is 0.0967. The van der Waals surface area contributed by atoms with Gasteiger partial charge >= 0.3 is 0 Å². The summed E-state index contributed by atoms with van der Waals surface area (Å²) in [6.07, 6.45) is 15.6. The van der Waals surface area contributed by atoms with Crippen LogP contribution in [0.4, 0.5) is 0 Å². The summed E-state index contributed by atoms with van der Waals surface area (Å²) in [5.41, 5.74) is 0.891. The van der Waals surface area contributed by atoms with Gasteiger partial charge in [0.25, 0.3) is 0 Å². The van der Waals surface area contributed by atoms with Gasteiger partial charge < -0.3 is 28.4 Å². The Labute approximate surface area is 352 Å². The molecule has 8 heteroatoms. The van der Waals surface area contributed by atoms with Crippen LogP contribution in [0.25, 0.3) is 0 Å². The van der Waals surface area contributed by atoms with Gasteiger partial charge in [-0.05, 0) is 74.3 Å². The molecule has 2 unspecified atom stereocenters. The SMILES string of the molecule is CCCCOc1cc2c(c(OCCC(C)CCCC(C)C)c1OCCCC)C(=O)c1cc(OCCCC)c(OCCCC)c(OCCC(C)CCCC(C)C)c1C2=O. The highest BCUT2D eigenvalue weighted by atomic mass is 16.5. The number of hydrogen-bond acceptors (Lipinski definition) is 8. The van der Waals surface area contributed by atoms with E-state index < -0.39 is 0 Å². The molecule has 8 nitrogen and oxygen atoms in total. The molecule has 0 N–H and O–H groups in total. The van der Waals surface area contributed by atoms with Crippen molar-refractivity contribution in [2.24, 2.45) is 23.7 Å². The zero-order chi connectivity index (χ0) is 42.5. The van der Waals surface area contributed by atoms with E-state index in [1.165, 1.54) is 25.7 Å². The second-order valence-corrected chi connectivity index (χ2v) is 17.5. The van der Waals surface area contributed by atoms with Gasteiger partial charge in [0.1, 0.15) is 0 Å². The number of carbonyl (C=O) groups excluding carboxylic acids is 2. The highest BCUT2D eigenvalue weighted by Crippen LogP contribution is 2.51. The molecular formula is C50H80O8. The first-order chi connectivity index (χ1) is 28.0. The van der Waals surface area contributed by atoms with E-state index in [2.05, 4.69) is 69.2 Å². The van der Waals surface area contributed by atoms with Crippen molar-refractivity contribution in [3.63, 3.8) is 0 Å². The molecule has 328 valence electrons. The number of unbranched alkanes of at least 4 members (excludes halogenated alkanes) is 4. The quantitative estimate of drug-likeness (QED) is 0.0576. The lowest BCUT2D eigenvalue weighted by Gasteiger charge is -2.28. The minimum Gasteiger partial charge on any atom is -0.490 e. The lowest BCUT2D eigenvalue weighted by Crippen LogP contribution is -2.25. The van der Waals surface area contributed by atoms with Gasteiger partial charge in [0.05, 0.1) is 50.8 Å². The molecule has 0 spiro atoms. The van der Waals surface area contributed by atoms with Crippen LogP contribution in [0.3, 0.4) is 0 Å². The van der Waals surface area contributed by atoms with Gasteiger partial charge in [-0.3, -0.25) is 9.59 Å². The normalized spacial score (nSPS) is 13.4. The highest BCUT2D eigenvalue weighted by molar-refractivity contribution is 6.31. The highest BCUT2D eigenvalue weighted by Gasteiger charge is 2.41. The van der Waals surface area contributed by atoms with Crippen LogP contribution in [-0.4, -0.2) is 51.2 Å². The van der Waals surface area contributed by atoms with E-state index >= 15 is 9.59 Å². The Morgan fingerprint density at radius 3 is 1.05 bits per heavy atom. The number of benzene rings is 2. The summed E-state index contributed by atoms with van der Waals surface area (Å²) >= 11 is 0. The van der Waals surface area contributed by atoms with Gasteiger partial charge in [0.15, 0.2) is 34.6 Å².